The monoisotopic (exact) mass is 268 g/mol. The molecule has 0 bridgehead atoms. The Morgan fingerprint density at radius 3 is 2.47 bits per heavy atom. The molecular weight excluding hydrogens is 236 g/mol. The summed E-state index contributed by atoms with van der Waals surface area (Å²) in [5.41, 5.74) is -0.423. The van der Waals surface area contributed by atoms with E-state index in [1.54, 1.807) is 0 Å². The molecule has 3 heteroatoms. The minimum atomic E-state index is -0.423. The lowest BCUT2D eigenvalue weighted by molar-refractivity contribution is 0.0223. The Bertz CT molecular complexity index is 249. The molecule has 3 nitrogen and oxygen atoms in total. The van der Waals surface area contributed by atoms with Gasteiger partial charge in [0.15, 0.2) is 0 Å². The Morgan fingerprint density at radius 2 is 1.79 bits per heavy atom. The van der Waals surface area contributed by atoms with Crippen molar-refractivity contribution in [2.24, 2.45) is 0 Å². The van der Waals surface area contributed by atoms with Crippen LogP contribution in [-0.2, 0) is 0 Å². The molecule has 1 unspecified atom stereocenters. The quantitative estimate of drug-likeness (QED) is 0.769. The number of nitrogens with one attached hydrogen (secondary N) is 1. The van der Waals surface area contributed by atoms with E-state index in [4.69, 9.17) is 0 Å². The van der Waals surface area contributed by atoms with Crippen molar-refractivity contribution in [3.8, 4) is 0 Å². The molecule has 1 aliphatic carbocycles. The minimum Gasteiger partial charge on any atom is -0.389 e. The first-order chi connectivity index (χ1) is 9.22. The SMILES string of the molecule is CCN1CCCC(NCC2(O)CCCCCC2)CC1. The van der Waals surface area contributed by atoms with Crippen molar-refractivity contribution in [1.82, 2.24) is 10.2 Å². The number of rotatable bonds is 4. The fourth-order valence-electron chi connectivity index (χ4n) is 3.57. The smallest absolute Gasteiger partial charge is 0.0771 e. The molecule has 1 aliphatic heterocycles. The van der Waals surface area contributed by atoms with Crippen molar-refractivity contribution in [3.63, 3.8) is 0 Å². The number of hydrogen-bond acceptors (Lipinski definition) is 3. The van der Waals surface area contributed by atoms with Gasteiger partial charge in [-0.2, -0.15) is 0 Å². The second-order valence-corrected chi connectivity index (χ2v) is 6.58. The Balaban J connectivity index is 1.74. The Kier molecular flexibility index (Phi) is 6.11. The topological polar surface area (TPSA) is 35.5 Å². The molecule has 2 aliphatic rings. The van der Waals surface area contributed by atoms with Crippen molar-refractivity contribution in [3.05, 3.63) is 0 Å². The summed E-state index contributed by atoms with van der Waals surface area (Å²) < 4.78 is 0. The van der Waals surface area contributed by atoms with Crippen molar-refractivity contribution in [2.75, 3.05) is 26.2 Å². The van der Waals surface area contributed by atoms with Gasteiger partial charge >= 0.3 is 0 Å². The molecule has 0 aromatic carbocycles. The molecule has 1 heterocycles. The number of hydrogen-bond donors (Lipinski definition) is 2. The molecule has 2 N–H and O–H groups in total. The molecule has 0 aromatic heterocycles. The highest BCUT2D eigenvalue weighted by atomic mass is 16.3. The van der Waals surface area contributed by atoms with Gasteiger partial charge in [-0.05, 0) is 51.7 Å². The van der Waals surface area contributed by atoms with Crippen LogP contribution in [0.2, 0.25) is 0 Å². The van der Waals surface area contributed by atoms with E-state index in [9.17, 15) is 5.11 Å². The third-order valence-corrected chi connectivity index (χ3v) is 5.02. The lowest BCUT2D eigenvalue weighted by Gasteiger charge is -2.29. The highest BCUT2D eigenvalue weighted by Gasteiger charge is 2.28. The van der Waals surface area contributed by atoms with Crippen LogP contribution >= 0.6 is 0 Å². The molecule has 2 rings (SSSR count). The van der Waals surface area contributed by atoms with Crippen LogP contribution in [-0.4, -0.2) is 47.8 Å². The van der Waals surface area contributed by atoms with Crippen LogP contribution in [0.4, 0.5) is 0 Å². The first-order valence-electron chi connectivity index (χ1n) is 8.40. The molecule has 1 saturated heterocycles. The van der Waals surface area contributed by atoms with Gasteiger partial charge in [-0.15, -0.1) is 0 Å². The van der Waals surface area contributed by atoms with Gasteiger partial charge in [-0.25, -0.2) is 0 Å². The maximum absolute atomic E-state index is 10.7. The Labute approximate surface area is 118 Å². The van der Waals surface area contributed by atoms with E-state index in [0.717, 1.165) is 19.4 Å². The molecule has 2 fully saturated rings. The van der Waals surface area contributed by atoms with E-state index >= 15 is 0 Å². The molecule has 0 aromatic rings. The van der Waals surface area contributed by atoms with E-state index in [1.807, 2.05) is 0 Å². The molecule has 1 atom stereocenters. The summed E-state index contributed by atoms with van der Waals surface area (Å²) in [7, 11) is 0. The van der Waals surface area contributed by atoms with E-state index in [-0.39, 0.29) is 0 Å². The fraction of sp³-hybridized carbons (Fsp3) is 1.00. The molecule has 0 spiro atoms. The highest BCUT2D eigenvalue weighted by Crippen LogP contribution is 2.26. The minimum absolute atomic E-state index is 0.423. The normalized spacial score (nSPS) is 29.7. The van der Waals surface area contributed by atoms with Crippen molar-refractivity contribution in [2.45, 2.75) is 76.4 Å². The van der Waals surface area contributed by atoms with Gasteiger partial charge < -0.3 is 15.3 Å². The van der Waals surface area contributed by atoms with Crippen LogP contribution in [0.15, 0.2) is 0 Å². The van der Waals surface area contributed by atoms with Gasteiger partial charge in [0.25, 0.3) is 0 Å². The lowest BCUT2D eigenvalue weighted by atomic mass is 9.94. The third-order valence-electron chi connectivity index (χ3n) is 5.02. The summed E-state index contributed by atoms with van der Waals surface area (Å²) in [5, 5.41) is 14.3. The maximum atomic E-state index is 10.7. The second kappa shape index (κ2) is 7.61. The molecule has 0 radical (unpaired) electrons. The lowest BCUT2D eigenvalue weighted by Crippen LogP contribution is -2.44. The first kappa shape index (κ1) is 15.3. The second-order valence-electron chi connectivity index (χ2n) is 6.58. The zero-order valence-corrected chi connectivity index (χ0v) is 12.7. The zero-order chi connectivity index (χ0) is 13.6. The standard InChI is InChI=1S/C16H32N2O/c1-2-18-12-7-8-15(9-13-18)17-14-16(19)10-5-3-4-6-11-16/h15,17,19H,2-14H2,1H3. The van der Waals surface area contributed by atoms with Crippen molar-refractivity contribution >= 4 is 0 Å². The van der Waals surface area contributed by atoms with Gasteiger partial charge in [0.2, 0.25) is 0 Å². The third kappa shape index (κ3) is 5.05. The summed E-state index contributed by atoms with van der Waals surface area (Å²) >= 11 is 0. The summed E-state index contributed by atoms with van der Waals surface area (Å²) in [6.07, 6.45) is 10.8. The zero-order valence-electron chi connectivity index (χ0n) is 12.7. The highest BCUT2D eigenvalue weighted by molar-refractivity contribution is 4.85. The maximum Gasteiger partial charge on any atom is 0.0771 e. The first-order valence-corrected chi connectivity index (χ1v) is 8.40. The van der Waals surface area contributed by atoms with Crippen LogP contribution < -0.4 is 5.32 Å². The van der Waals surface area contributed by atoms with Crippen LogP contribution in [0.3, 0.4) is 0 Å². The summed E-state index contributed by atoms with van der Waals surface area (Å²) in [6, 6.07) is 0.615. The molecule has 19 heavy (non-hydrogen) atoms. The number of likely N-dealkylation sites (tertiary alicyclic amines) is 1. The van der Waals surface area contributed by atoms with Gasteiger partial charge in [-0.3, -0.25) is 0 Å². The van der Waals surface area contributed by atoms with Gasteiger partial charge in [0.1, 0.15) is 0 Å². The van der Waals surface area contributed by atoms with E-state index < -0.39 is 5.60 Å². The summed E-state index contributed by atoms with van der Waals surface area (Å²) in [5.74, 6) is 0. The summed E-state index contributed by atoms with van der Waals surface area (Å²) in [6.45, 7) is 6.70. The van der Waals surface area contributed by atoms with Gasteiger partial charge in [0.05, 0.1) is 5.60 Å². The number of nitrogens with zero attached hydrogens (tertiary/aromatic N) is 1. The Morgan fingerprint density at radius 1 is 1.05 bits per heavy atom. The van der Waals surface area contributed by atoms with E-state index in [1.165, 1.54) is 64.6 Å². The van der Waals surface area contributed by atoms with Gasteiger partial charge in [0, 0.05) is 12.6 Å². The Hall–Kier alpha value is -0.120. The molecule has 0 amide bonds. The largest absolute Gasteiger partial charge is 0.389 e. The van der Waals surface area contributed by atoms with Crippen molar-refractivity contribution in [1.29, 1.82) is 0 Å². The fourth-order valence-corrected chi connectivity index (χ4v) is 3.57. The predicted molar refractivity (Wildman–Crippen MR) is 80.4 cm³/mol. The average Bonchev–Trinajstić information content (AvgIpc) is 2.77. The van der Waals surface area contributed by atoms with Gasteiger partial charge in [-0.1, -0.05) is 32.6 Å². The van der Waals surface area contributed by atoms with Crippen LogP contribution in [0.1, 0.15) is 64.7 Å². The predicted octanol–water partition coefficient (Wildman–Crippen LogP) is 2.54. The summed E-state index contributed by atoms with van der Waals surface area (Å²) in [4.78, 5) is 2.54. The number of aliphatic hydroxyl groups is 1. The van der Waals surface area contributed by atoms with Crippen LogP contribution in [0.5, 0.6) is 0 Å². The molecular formula is C16H32N2O. The van der Waals surface area contributed by atoms with E-state index in [0.29, 0.717) is 6.04 Å². The average molecular weight is 268 g/mol. The van der Waals surface area contributed by atoms with Crippen LogP contribution in [0, 0.1) is 0 Å². The van der Waals surface area contributed by atoms with E-state index in [2.05, 4.69) is 17.1 Å². The van der Waals surface area contributed by atoms with Crippen LogP contribution in [0.25, 0.3) is 0 Å². The molecule has 112 valence electrons. The van der Waals surface area contributed by atoms with Crippen molar-refractivity contribution < 1.29 is 5.11 Å². The molecule has 1 saturated carbocycles.